The predicted molar refractivity (Wildman–Crippen MR) is 62.8 cm³/mol. The van der Waals surface area contributed by atoms with E-state index in [0.29, 0.717) is 0 Å². The molecular weight excluding hydrogens is 337 g/mol. The van der Waals surface area contributed by atoms with E-state index in [1.54, 1.807) is 0 Å². The van der Waals surface area contributed by atoms with Gasteiger partial charge in [0.15, 0.2) is 0 Å². The molecule has 0 aromatic carbocycles. The van der Waals surface area contributed by atoms with Crippen molar-refractivity contribution in [2.24, 2.45) is 5.73 Å². The molecule has 0 unspecified atom stereocenters. The van der Waals surface area contributed by atoms with Crippen molar-refractivity contribution in [1.29, 1.82) is 0 Å². The van der Waals surface area contributed by atoms with Crippen LogP contribution in [-0.4, -0.2) is 117 Å². The molecule has 0 saturated heterocycles. The van der Waals surface area contributed by atoms with Crippen LogP contribution in [0, 0.1) is 0 Å². The monoisotopic (exact) mass is 349 g/mol. The molecule has 10 nitrogen and oxygen atoms in total. The third kappa shape index (κ3) is 10.6. The summed E-state index contributed by atoms with van der Waals surface area (Å²) in [5, 5.41) is 35.2. The molecule has 4 atom stereocenters. The molecule has 19 heavy (non-hydrogen) atoms. The summed E-state index contributed by atoms with van der Waals surface area (Å²) < 4.78 is 29.9. The Morgan fingerprint density at radius 2 is 1.63 bits per heavy atom. The Morgan fingerprint density at radius 3 is 1.84 bits per heavy atom. The zero-order valence-corrected chi connectivity index (χ0v) is 14.4. The largest absolute Gasteiger partial charge is 0.394 e. The van der Waals surface area contributed by atoms with Crippen molar-refractivity contribution < 1.29 is 42.7 Å². The molecule has 0 radical (unpaired) electrons. The third-order valence-corrected chi connectivity index (χ3v) is 4.48. The quantitative estimate of drug-likeness (QED) is 0.146. The van der Waals surface area contributed by atoms with Gasteiger partial charge in [-0.3, -0.25) is 9.11 Å². The van der Waals surface area contributed by atoms with Crippen molar-refractivity contribution in [2.75, 3.05) is 6.61 Å². The molecule has 0 aliphatic rings. The third-order valence-electron chi connectivity index (χ3n) is 1.94. The molecule has 0 amide bonds. The summed E-state index contributed by atoms with van der Waals surface area (Å²) >= 11 is 4.74. The zero-order valence-electron chi connectivity index (χ0n) is 9.71. The van der Waals surface area contributed by atoms with Gasteiger partial charge >= 0.3 is 132 Å². The number of halogens is 1. The molecule has 0 aromatic rings. The van der Waals surface area contributed by atoms with Gasteiger partial charge in [-0.1, -0.05) is 0 Å². The summed E-state index contributed by atoms with van der Waals surface area (Å²) in [6.45, 7) is -0.738. The second kappa shape index (κ2) is 9.32. The SMILES string of the molecule is N[C@@]([K])(C(=O)Cl)[C@@H](O)[C@H](O)[C@H](O)CO.O=S(=O)(O)O. The Bertz CT molecular complexity index is 380. The summed E-state index contributed by atoms with van der Waals surface area (Å²) in [6.07, 6.45) is -4.91. The number of rotatable bonds is 5. The van der Waals surface area contributed by atoms with E-state index in [1.807, 2.05) is 0 Å². The molecule has 0 aliphatic carbocycles. The fourth-order valence-electron chi connectivity index (χ4n) is 0.789. The van der Waals surface area contributed by atoms with Crippen molar-refractivity contribution in [2.45, 2.75) is 17.9 Å². The maximum atomic E-state index is 10.8. The van der Waals surface area contributed by atoms with E-state index in [9.17, 15) is 15.0 Å². The Morgan fingerprint density at radius 1 is 1.32 bits per heavy atom. The van der Waals surface area contributed by atoms with E-state index in [4.69, 9.17) is 45.1 Å². The first-order valence-electron chi connectivity index (χ1n) is 4.58. The van der Waals surface area contributed by atoms with Crippen LogP contribution < -0.4 is 5.73 Å². The minimum atomic E-state index is -4.67. The van der Waals surface area contributed by atoms with Crippen LogP contribution >= 0.6 is 11.6 Å². The first kappa shape index (κ1) is 22.5. The molecule has 110 valence electrons. The number of carbonyl (C=O) groups is 1. The Kier molecular flexibility index (Phi) is 11.1. The van der Waals surface area contributed by atoms with Gasteiger partial charge in [-0.25, -0.2) is 0 Å². The van der Waals surface area contributed by atoms with Crippen LogP contribution in [0.5, 0.6) is 0 Å². The van der Waals surface area contributed by atoms with Crippen molar-refractivity contribution in [3.8, 4) is 0 Å². The maximum absolute atomic E-state index is 10.8. The van der Waals surface area contributed by atoms with Gasteiger partial charge in [0.05, 0.1) is 0 Å². The van der Waals surface area contributed by atoms with Gasteiger partial charge in [0.25, 0.3) is 0 Å². The summed E-state index contributed by atoms with van der Waals surface area (Å²) in [7, 11) is -4.67. The maximum Gasteiger partial charge on any atom is 0.394 e. The average molecular weight is 350 g/mol. The predicted octanol–water partition coefficient (Wildman–Crippen LogP) is -4.00. The first-order chi connectivity index (χ1) is 8.25. The van der Waals surface area contributed by atoms with Crippen molar-refractivity contribution in [3.63, 3.8) is 0 Å². The average Bonchev–Trinajstić information content (AvgIpc) is 2.23. The molecule has 0 heterocycles. The van der Waals surface area contributed by atoms with Gasteiger partial charge in [-0.05, 0) is 0 Å². The molecule has 0 fully saturated rings. The number of hydrogen-bond acceptors (Lipinski definition) is 8. The molecular formula is C6H13ClKNO9S. The van der Waals surface area contributed by atoms with Crippen LogP contribution in [0.1, 0.15) is 0 Å². The van der Waals surface area contributed by atoms with E-state index >= 15 is 0 Å². The smallest absolute Gasteiger partial charge is 0.264 e. The van der Waals surface area contributed by atoms with E-state index in [1.165, 1.54) is 0 Å². The summed E-state index contributed by atoms with van der Waals surface area (Å²) in [6, 6.07) is 0. The molecule has 0 saturated carbocycles. The molecule has 0 rings (SSSR count). The fourth-order valence-corrected chi connectivity index (χ4v) is 1.43. The molecule has 0 aliphatic heterocycles. The van der Waals surface area contributed by atoms with Crippen LogP contribution in [0.15, 0.2) is 0 Å². The number of carbonyl (C=O) groups excluding carboxylic acids is 1. The molecule has 0 bridgehead atoms. The van der Waals surface area contributed by atoms with Crippen LogP contribution in [-0.2, 0) is 15.2 Å². The Balaban J connectivity index is 0. The van der Waals surface area contributed by atoms with Gasteiger partial charge in [0.2, 0.25) is 0 Å². The Labute approximate surface area is 147 Å². The van der Waals surface area contributed by atoms with E-state index < -0.39 is 40.2 Å². The van der Waals surface area contributed by atoms with Gasteiger partial charge in [-0.15, -0.1) is 0 Å². The van der Waals surface area contributed by atoms with E-state index in [2.05, 4.69) is 0 Å². The van der Waals surface area contributed by atoms with Crippen molar-refractivity contribution in [3.05, 3.63) is 0 Å². The number of aliphatic hydroxyl groups is 4. The first-order valence-corrected chi connectivity index (χ1v) is 7.92. The van der Waals surface area contributed by atoms with Gasteiger partial charge in [0, 0.05) is 0 Å². The van der Waals surface area contributed by atoms with E-state index in [-0.39, 0.29) is 49.0 Å². The Hall–Kier alpha value is 1.27. The van der Waals surface area contributed by atoms with Gasteiger partial charge in [-0.2, -0.15) is 8.42 Å². The van der Waals surface area contributed by atoms with Crippen LogP contribution in [0.2, 0.25) is 0 Å². The van der Waals surface area contributed by atoms with Crippen LogP contribution in [0.25, 0.3) is 0 Å². The number of hydrogen-bond donors (Lipinski definition) is 7. The molecule has 13 heteroatoms. The minimum absolute atomic E-state index is 0.381. The standard InChI is InChI=1S/C6H11ClNO5.K.H2O4S/c7-6(13)3(8)5(12)4(11)2(10)1-9;;1-5(2,3)4/h2,4-5,9-12H,1,8H2;;(H2,1,2,3,4)/t2-,4-,5-;;/m1../s1. The van der Waals surface area contributed by atoms with Crippen molar-refractivity contribution in [1.82, 2.24) is 0 Å². The minimum Gasteiger partial charge on any atom is -0.264 e. The summed E-state index contributed by atoms with van der Waals surface area (Å²) in [4.78, 5) is 10.8. The van der Waals surface area contributed by atoms with Crippen LogP contribution in [0.4, 0.5) is 0 Å². The van der Waals surface area contributed by atoms with Gasteiger partial charge in [0.1, 0.15) is 0 Å². The fraction of sp³-hybridized carbons (Fsp3) is 0.833. The summed E-state index contributed by atoms with van der Waals surface area (Å²) in [5.74, 6) is 0. The molecule has 8 N–H and O–H groups in total. The van der Waals surface area contributed by atoms with Gasteiger partial charge < -0.3 is 0 Å². The van der Waals surface area contributed by atoms with E-state index in [0.717, 1.165) is 0 Å². The van der Waals surface area contributed by atoms with Crippen LogP contribution in [0.3, 0.4) is 0 Å². The normalized spacial score (nSPS) is 19.5. The second-order valence-corrected chi connectivity index (χ2v) is 7.51. The number of aliphatic hydroxyl groups excluding tert-OH is 4. The molecule has 0 spiro atoms. The topological polar surface area (TPSA) is 199 Å². The zero-order chi connectivity index (χ0) is 16.0. The second-order valence-electron chi connectivity index (χ2n) is 3.69. The number of nitrogens with two attached hydrogens (primary N) is 1. The summed E-state index contributed by atoms with van der Waals surface area (Å²) in [5.41, 5.74) is 5.40. The van der Waals surface area contributed by atoms with Crippen molar-refractivity contribution >= 4 is 76.2 Å². The molecule has 0 aromatic heterocycles.